The Morgan fingerprint density at radius 1 is 1.12 bits per heavy atom. The molecule has 0 unspecified atom stereocenters. The lowest BCUT2D eigenvalue weighted by atomic mass is 9.91. The fraction of sp³-hybridized carbons (Fsp3) is 0.438. The maximum Gasteiger partial charge on any atom is 0.352 e. The quantitative estimate of drug-likeness (QED) is 0.284. The van der Waals surface area contributed by atoms with Crippen molar-refractivity contribution < 1.29 is 23.8 Å². The molecule has 2 aromatic carbocycles. The zero-order valence-electron chi connectivity index (χ0n) is 23.3. The summed E-state index contributed by atoms with van der Waals surface area (Å²) in [4.78, 5) is 12.8. The van der Waals surface area contributed by atoms with E-state index in [2.05, 4.69) is 17.2 Å². The van der Waals surface area contributed by atoms with Gasteiger partial charge < -0.3 is 19.1 Å². The number of halogens is 1. The number of nitrogens with zero attached hydrogens (tertiary/aromatic N) is 3. The molecule has 40 heavy (non-hydrogen) atoms. The number of rotatable bonds is 6. The number of benzene rings is 2. The fourth-order valence-corrected chi connectivity index (χ4v) is 6.60. The van der Waals surface area contributed by atoms with Crippen molar-refractivity contribution in [2.75, 3.05) is 13.2 Å². The van der Waals surface area contributed by atoms with Crippen molar-refractivity contribution in [3.8, 4) is 16.9 Å². The Morgan fingerprint density at radius 2 is 1.98 bits per heavy atom. The van der Waals surface area contributed by atoms with E-state index in [-0.39, 0.29) is 11.5 Å². The van der Waals surface area contributed by atoms with Crippen LogP contribution in [0.3, 0.4) is 0 Å². The molecule has 1 N–H and O–H groups in total. The first-order valence-corrected chi connectivity index (χ1v) is 14.4. The third kappa shape index (κ3) is 4.68. The van der Waals surface area contributed by atoms with Crippen molar-refractivity contribution >= 4 is 16.9 Å². The molecule has 0 atom stereocenters. The summed E-state index contributed by atoms with van der Waals surface area (Å²) in [5.41, 5.74) is 6.86. The van der Waals surface area contributed by atoms with E-state index in [1.165, 1.54) is 30.0 Å². The highest BCUT2D eigenvalue weighted by Crippen LogP contribution is 2.40. The van der Waals surface area contributed by atoms with E-state index in [1.54, 1.807) is 10.7 Å². The minimum atomic E-state index is -0.996. The molecule has 0 bridgehead atoms. The van der Waals surface area contributed by atoms with E-state index in [4.69, 9.17) is 9.47 Å². The molecule has 0 saturated heterocycles. The molecule has 2 aromatic heterocycles. The van der Waals surface area contributed by atoms with Crippen LogP contribution in [0.25, 0.3) is 22.0 Å². The summed E-state index contributed by atoms with van der Waals surface area (Å²) < 4.78 is 31.5. The number of fused-ring (bicyclic) bond motifs is 3. The summed E-state index contributed by atoms with van der Waals surface area (Å²) >= 11 is 0. The molecule has 0 radical (unpaired) electrons. The van der Waals surface area contributed by atoms with Crippen LogP contribution in [0.2, 0.25) is 0 Å². The topological polar surface area (TPSA) is 78.5 Å². The van der Waals surface area contributed by atoms with Crippen molar-refractivity contribution in [3.05, 3.63) is 69.9 Å². The second kappa shape index (κ2) is 11.1. The molecular formula is C32H36FN3O4. The van der Waals surface area contributed by atoms with Crippen LogP contribution in [0.1, 0.15) is 70.7 Å². The number of aromatic carboxylic acids is 1. The molecule has 6 rings (SSSR count). The first-order chi connectivity index (χ1) is 19.5. The lowest BCUT2D eigenvalue weighted by Gasteiger charge is -2.19. The average Bonchev–Trinajstić information content (AvgIpc) is 3.39. The van der Waals surface area contributed by atoms with Gasteiger partial charge in [-0.3, -0.25) is 4.68 Å². The average molecular weight is 546 g/mol. The highest BCUT2D eigenvalue weighted by Gasteiger charge is 2.29. The standard InChI is InChI=1S/C32H36FN3O4/c1-20-28-26(35(2)34-20)19-39-17-6-5-16-36-30-24(14-15-25(33)29(28)30)23(31(36)32(37)38)12-8-18-40-27-13-7-10-21-9-3-4-11-22(21)27/h7,10,13-15H,3-6,8-9,11-12,16-19H2,1-2H3,(H,37,38). The predicted molar refractivity (Wildman–Crippen MR) is 152 cm³/mol. The van der Waals surface area contributed by atoms with Crippen LogP contribution in [0.15, 0.2) is 30.3 Å². The second-order valence-electron chi connectivity index (χ2n) is 10.9. The molecule has 1 aliphatic heterocycles. The van der Waals surface area contributed by atoms with Crippen molar-refractivity contribution in [1.29, 1.82) is 0 Å². The molecule has 0 saturated carbocycles. The monoisotopic (exact) mass is 545 g/mol. The molecule has 2 aliphatic rings. The van der Waals surface area contributed by atoms with E-state index in [0.29, 0.717) is 61.5 Å². The van der Waals surface area contributed by atoms with Gasteiger partial charge in [0.2, 0.25) is 0 Å². The Morgan fingerprint density at radius 3 is 2.83 bits per heavy atom. The molecule has 0 fully saturated rings. The van der Waals surface area contributed by atoms with Crippen molar-refractivity contribution in [2.45, 2.75) is 71.4 Å². The van der Waals surface area contributed by atoms with Crippen LogP contribution in [-0.2, 0) is 44.2 Å². The van der Waals surface area contributed by atoms with E-state index in [9.17, 15) is 9.90 Å². The maximum atomic E-state index is 15.8. The molecule has 210 valence electrons. The van der Waals surface area contributed by atoms with Gasteiger partial charge >= 0.3 is 5.97 Å². The molecule has 0 spiro atoms. The molecule has 4 aromatic rings. The van der Waals surface area contributed by atoms with Gasteiger partial charge in [-0.25, -0.2) is 9.18 Å². The lowest BCUT2D eigenvalue weighted by Crippen LogP contribution is -2.12. The van der Waals surface area contributed by atoms with Crippen molar-refractivity contribution in [1.82, 2.24) is 14.3 Å². The maximum absolute atomic E-state index is 15.8. The van der Waals surface area contributed by atoms with E-state index >= 15 is 4.39 Å². The third-order valence-corrected chi connectivity index (χ3v) is 8.41. The van der Waals surface area contributed by atoms with Crippen LogP contribution in [0, 0.1) is 12.7 Å². The Balaban J connectivity index is 1.40. The van der Waals surface area contributed by atoms with Crippen LogP contribution in [0.4, 0.5) is 4.39 Å². The largest absolute Gasteiger partial charge is 0.493 e. The summed E-state index contributed by atoms with van der Waals surface area (Å²) in [5, 5.41) is 15.8. The number of carbonyl (C=O) groups is 1. The van der Waals surface area contributed by atoms with Crippen LogP contribution in [-0.4, -0.2) is 38.6 Å². The number of hydrogen-bond acceptors (Lipinski definition) is 4. The van der Waals surface area contributed by atoms with Gasteiger partial charge in [-0.2, -0.15) is 5.10 Å². The number of ether oxygens (including phenoxy) is 2. The minimum absolute atomic E-state index is 0.238. The Bertz CT molecular complexity index is 1590. The zero-order valence-corrected chi connectivity index (χ0v) is 23.3. The molecule has 3 heterocycles. The third-order valence-electron chi connectivity index (χ3n) is 8.41. The number of aryl methyl sites for hydroxylation is 5. The highest BCUT2D eigenvalue weighted by atomic mass is 19.1. The zero-order chi connectivity index (χ0) is 27.8. The van der Waals surface area contributed by atoms with Crippen LogP contribution >= 0.6 is 0 Å². The van der Waals surface area contributed by atoms with Gasteiger partial charge in [-0.1, -0.05) is 12.1 Å². The fourth-order valence-electron chi connectivity index (χ4n) is 6.60. The van der Waals surface area contributed by atoms with Crippen molar-refractivity contribution in [3.63, 3.8) is 0 Å². The normalized spacial score (nSPS) is 15.4. The summed E-state index contributed by atoms with van der Waals surface area (Å²) in [7, 11) is 1.84. The van der Waals surface area contributed by atoms with Gasteiger partial charge in [-0.15, -0.1) is 0 Å². The van der Waals surface area contributed by atoms with Gasteiger partial charge in [0.05, 0.1) is 30.1 Å². The van der Waals surface area contributed by atoms with Crippen LogP contribution in [0.5, 0.6) is 5.75 Å². The molecule has 1 aliphatic carbocycles. The van der Waals surface area contributed by atoms with E-state index in [1.807, 2.05) is 24.6 Å². The number of carboxylic acids is 1. The van der Waals surface area contributed by atoms with E-state index < -0.39 is 5.97 Å². The van der Waals surface area contributed by atoms with Crippen molar-refractivity contribution in [2.24, 2.45) is 7.05 Å². The SMILES string of the molecule is Cc1nn(C)c2c1-c1c(F)ccc3c(CCCOc4cccc5c4CCCC5)c(C(=O)O)n(c13)CCCCOC2. The Hall–Kier alpha value is -3.65. The number of carboxylic acid groups (broad SMARTS) is 1. The first kappa shape index (κ1) is 26.6. The second-order valence-corrected chi connectivity index (χ2v) is 10.9. The van der Waals surface area contributed by atoms with Gasteiger partial charge in [0, 0.05) is 36.7 Å². The highest BCUT2D eigenvalue weighted by molar-refractivity contribution is 6.04. The molecule has 8 heteroatoms. The Labute approximate surface area is 233 Å². The lowest BCUT2D eigenvalue weighted by molar-refractivity contribution is 0.0683. The summed E-state index contributed by atoms with van der Waals surface area (Å²) in [6.45, 7) is 3.69. The van der Waals surface area contributed by atoms with E-state index in [0.717, 1.165) is 48.1 Å². The Kier molecular flexibility index (Phi) is 7.36. The smallest absolute Gasteiger partial charge is 0.352 e. The van der Waals surface area contributed by atoms with Gasteiger partial charge in [0.1, 0.15) is 17.3 Å². The van der Waals surface area contributed by atoms with Crippen LogP contribution < -0.4 is 4.74 Å². The molecular weight excluding hydrogens is 509 g/mol. The summed E-state index contributed by atoms with van der Waals surface area (Å²) in [5.74, 6) is -0.438. The van der Waals surface area contributed by atoms with Gasteiger partial charge in [0.25, 0.3) is 0 Å². The molecule has 0 amide bonds. The van der Waals surface area contributed by atoms with Gasteiger partial charge in [0.15, 0.2) is 0 Å². The first-order valence-electron chi connectivity index (χ1n) is 14.4. The summed E-state index contributed by atoms with van der Waals surface area (Å²) in [6, 6.07) is 9.48. The summed E-state index contributed by atoms with van der Waals surface area (Å²) in [6.07, 6.45) is 7.21. The van der Waals surface area contributed by atoms with Gasteiger partial charge in [-0.05, 0) is 93.2 Å². The predicted octanol–water partition coefficient (Wildman–Crippen LogP) is 6.39. The number of hydrogen-bond donors (Lipinski definition) is 1. The number of aromatic nitrogens is 3. The minimum Gasteiger partial charge on any atom is -0.493 e. The molecule has 7 nitrogen and oxygen atoms in total.